The number of halogens is 1. The van der Waals surface area contributed by atoms with E-state index >= 15 is 0 Å². The Kier molecular flexibility index (Phi) is 4.83. The van der Waals surface area contributed by atoms with Crippen LogP contribution in [0.1, 0.15) is 52.4 Å². The summed E-state index contributed by atoms with van der Waals surface area (Å²) in [6.07, 6.45) is 1.65. The zero-order valence-electron chi connectivity index (χ0n) is 14.1. The van der Waals surface area contributed by atoms with Crippen LogP contribution in [0.5, 0.6) is 0 Å². The lowest BCUT2D eigenvalue weighted by atomic mass is 9.91. The Balaban J connectivity index is 1.73. The molecule has 0 spiro atoms. The molecule has 2 N–H and O–H groups in total. The zero-order valence-corrected chi connectivity index (χ0v) is 14.1. The van der Waals surface area contributed by atoms with Crippen molar-refractivity contribution < 1.29 is 18.5 Å². The molecule has 132 valence electrons. The number of aryl methyl sites for hydroxylation is 1. The van der Waals surface area contributed by atoms with E-state index < -0.39 is 11.7 Å². The van der Waals surface area contributed by atoms with Crippen molar-refractivity contribution in [2.24, 2.45) is 0 Å². The summed E-state index contributed by atoms with van der Waals surface area (Å²) in [5.74, 6) is -0.638. The van der Waals surface area contributed by atoms with Crippen LogP contribution in [0.4, 0.5) is 4.39 Å². The van der Waals surface area contributed by atoms with Crippen LogP contribution in [0.2, 0.25) is 0 Å². The van der Waals surface area contributed by atoms with Gasteiger partial charge in [0, 0.05) is 24.1 Å². The quantitative estimate of drug-likeness (QED) is 0.890. The van der Waals surface area contributed by atoms with Crippen molar-refractivity contribution in [1.29, 1.82) is 0 Å². The van der Waals surface area contributed by atoms with E-state index in [1.807, 2.05) is 13.8 Å². The highest BCUT2D eigenvalue weighted by molar-refractivity contribution is 5.95. The van der Waals surface area contributed by atoms with Crippen LogP contribution in [0.15, 0.2) is 28.8 Å². The van der Waals surface area contributed by atoms with Crippen LogP contribution >= 0.6 is 0 Å². The summed E-state index contributed by atoms with van der Waals surface area (Å²) < 4.78 is 19.0. The fraction of sp³-hybridized carbons (Fsp3) is 0.389. The third-order valence-corrected chi connectivity index (χ3v) is 4.13. The number of nitrogens with zero attached hydrogens (tertiary/aromatic N) is 1. The van der Waals surface area contributed by atoms with Gasteiger partial charge >= 0.3 is 0 Å². The number of carbonyl (C=O) groups is 2. The second-order valence-electron chi connectivity index (χ2n) is 6.45. The number of fused-ring (bicyclic) bond motifs is 1. The number of carbonyl (C=O) groups excluding carboxylic acids is 2. The Morgan fingerprint density at radius 3 is 2.76 bits per heavy atom. The van der Waals surface area contributed by atoms with Gasteiger partial charge in [-0.15, -0.1) is 0 Å². The van der Waals surface area contributed by atoms with Crippen molar-refractivity contribution >= 4 is 11.8 Å². The topological polar surface area (TPSA) is 84.2 Å². The number of hydrogen-bond donors (Lipinski definition) is 2. The molecule has 1 heterocycles. The van der Waals surface area contributed by atoms with Crippen molar-refractivity contribution in [3.8, 4) is 0 Å². The van der Waals surface area contributed by atoms with Gasteiger partial charge in [-0.25, -0.2) is 4.39 Å². The molecule has 0 aliphatic heterocycles. The number of nitrogens with one attached hydrogen (secondary N) is 2. The van der Waals surface area contributed by atoms with Gasteiger partial charge in [-0.2, -0.15) is 0 Å². The number of aromatic nitrogens is 1. The molecule has 0 bridgehead atoms. The molecule has 1 aliphatic carbocycles. The standard InChI is InChI=1S/C18H20FN3O3/c1-10(2)20-18(24)16-13-9-11(7-8-15(13)25-22-16)21-17(23)12-5-3-4-6-14(12)19/h3-6,10-11H,7-9H2,1-2H3,(H,20,24)(H,21,23). The first-order valence-corrected chi connectivity index (χ1v) is 8.29. The molecule has 1 aromatic heterocycles. The summed E-state index contributed by atoms with van der Waals surface area (Å²) in [5, 5.41) is 9.50. The van der Waals surface area contributed by atoms with Crippen LogP contribution in [0.3, 0.4) is 0 Å². The first kappa shape index (κ1) is 17.1. The first-order chi connectivity index (χ1) is 12.0. The Morgan fingerprint density at radius 1 is 1.28 bits per heavy atom. The largest absolute Gasteiger partial charge is 0.360 e. The smallest absolute Gasteiger partial charge is 0.273 e. The van der Waals surface area contributed by atoms with E-state index in [0.29, 0.717) is 30.6 Å². The molecule has 2 aromatic rings. The minimum atomic E-state index is -0.557. The second-order valence-corrected chi connectivity index (χ2v) is 6.45. The van der Waals surface area contributed by atoms with E-state index in [1.54, 1.807) is 6.07 Å². The van der Waals surface area contributed by atoms with Crippen molar-refractivity contribution in [1.82, 2.24) is 15.8 Å². The predicted molar refractivity (Wildman–Crippen MR) is 88.8 cm³/mol. The third-order valence-electron chi connectivity index (χ3n) is 4.13. The van der Waals surface area contributed by atoms with E-state index in [9.17, 15) is 14.0 Å². The molecule has 0 radical (unpaired) electrons. The average Bonchev–Trinajstić information content (AvgIpc) is 2.97. The maximum absolute atomic E-state index is 13.7. The fourth-order valence-corrected chi connectivity index (χ4v) is 2.94. The summed E-state index contributed by atoms with van der Waals surface area (Å²) in [6.45, 7) is 3.73. The Morgan fingerprint density at radius 2 is 2.04 bits per heavy atom. The third kappa shape index (κ3) is 3.70. The van der Waals surface area contributed by atoms with Crippen LogP contribution in [0.25, 0.3) is 0 Å². The van der Waals surface area contributed by atoms with Crippen LogP contribution in [0, 0.1) is 5.82 Å². The molecule has 25 heavy (non-hydrogen) atoms. The van der Waals surface area contributed by atoms with E-state index in [1.165, 1.54) is 18.2 Å². The van der Waals surface area contributed by atoms with Crippen LogP contribution in [-0.4, -0.2) is 29.1 Å². The Labute approximate surface area is 144 Å². The Hall–Kier alpha value is -2.70. The average molecular weight is 345 g/mol. The van der Waals surface area contributed by atoms with Crippen molar-refractivity contribution in [2.45, 2.75) is 45.2 Å². The summed E-state index contributed by atoms with van der Waals surface area (Å²) in [6, 6.07) is 5.63. The molecule has 7 heteroatoms. The zero-order chi connectivity index (χ0) is 18.0. The maximum Gasteiger partial charge on any atom is 0.273 e. The van der Waals surface area contributed by atoms with Gasteiger partial charge in [-0.3, -0.25) is 9.59 Å². The SMILES string of the molecule is CC(C)NC(=O)c1noc2c1CC(NC(=O)c1ccccc1F)CC2. The molecular formula is C18H20FN3O3. The summed E-state index contributed by atoms with van der Waals surface area (Å²) in [4.78, 5) is 24.5. The summed E-state index contributed by atoms with van der Waals surface area (Å²) >= 11 is 0. The molecule has 3 rings (SSSR count). The van der Waals surface area contributed by atoms with Gasteiger partial charge < -0.3 is 15.2 Å². The fourth-order valence-electron chi connectivity index (χ4n) is 2.94. The molecule has 0 saturated carbocycles. The minimum Gasteiger partial charge on any atom is -0.360 e. The Bertz CT molecular complexity index is 801. The minimum absolute atomic E-state index is 0.0105. The molecule has 2 amide bonds. The van der Waals surface area contributed by atoms with Gasteiger partial charge in [0.05, 0.1) is 5.56 Å². The van der Waals surface area contributed by atoms with Crippen molar-refractivity contribution in [2.75, 3.05) is 0 Å². The predicted octanol–water partition coefficient (Wildman–Crippen LogP) is 2.24. The highest BCUT2D eigenvalue weighted by Crippen LogP contribution is 2.25. The molecule has 0 saturated heterocycles. The van der Waals surface area contributed by atoms with Gasteiger partial charge in [0.1, 0.15) is 11.6 Å². The molecule has 6 nitrogen and oxygen atoms in total. The molecule has 1 aliphatic rings. The number of hydrogen-bond acceptors (Lipinski definition) is 4. The van der Waals surface area contributed by atoms with Gasteiger partial charge in [0.2, 0.25) is 0 Å². The van der Waals surface area contributed by atoms with Crippen molar-refractivity contribution in [3.05, 3.63) is 52.7 Å². The molecule has 1 atom stereocenters. The lowest BCUT2D eigenvalue weighted by molar-refractivity contribution is 0.0925. The highest BCUT2D eigenvalue weighted by atomic mass is 19.1. The summed E-state index contributed by atoms with van der Waals surface area (Å²) in [5.41, 5.74) is 0.980. The van der Waals surface area contributed by atoms with Gasteiger partial charge in [-0.05, 0) is 38.8 Å². The van der Waals surface area contributed by atoms with Gasteiger partial charge in [0.15, 0.2) is 5.69 Å². The molecule has 1 aromatic carbocycles. The molecular weight excluding hydrogens is 325 g/mol. The maximum atomic E-state index is 13.7. The van der Waals surface area contributed by atoms with Crippen LogP contribution in [-0.2, 0) is 12.8 Å². The monoisotopic (exact) mass is 345 g/mol. The normalized spacial score (nSPS) is 16.4. The van der Waals surface area contributed by atoms with Crippen LogP contribution < -0.4 is 10.6 Å². The van der Waals surface area contributed by atoms with E-state index in [0.717, 1.165) is 0 Å². The van der Waals surface area contributed by atoms with E-state index in [-0.39, 0.29) is 29.2 Å². The number of amides is 2. The number of rotatable bonds is 4. The first-order valence-electron chi connectivity index (χ1n) is 8.29. The lowest BCUT2D eigenvalue weighted by Gasteiger charge is -2.22. The highest BCUT2D eigenvalue weighted by Gasteiger charge is 2.30. The molecule has 0 fully saturated rings. The van der Waals surface area contributed by atoms with Crippen molar-refractivity contribution in [3.63, 3.8) is 0 Å². The lowest BCUT2D eigenvalue weighted by Crippen LogP contribution is -2.39. The van der Waals surface area contributed by atoms with E-state index in [2.05, 4.69) is 15.8 Å². The molecule has 1 unspecified atom stereocenters. The summed E-state index contributed by atoms with van der Waals surface area (Å²) in [7, 11) is 0. The second kappa shape index (κ2) is 7.04. The van der Waals surface area contributed by atoms with Gasteiger partial charge in [-0.1, -0.05) is 17.3 Å². The number of benzene rings is 1. The van der Waals surface area contributed by atoms with E-state index in [4.69, 9.17) is 4.52 Å². The van der Waals surface area contributed by atoms with Gasteiger partial charge in [0.25, 0.3) is 11.8 Å².